The summed E-state index contributed by atoms with van der Waals surface area (Å²) >= 11 is 7.84. The van der Waals surface area contributed by atoms with E-state index in [-0.39, 0.29) is 18.5 Å². The van der Waals surface area contributed by atoms with Gasteiger partial charge in [-0.25, -0.2) is 0 Å². The zero-order chi connectivity index (χ0) is 12.8. The minimum Gasteiger partial charge on any atom is -0.391 e. The van der Waals surface area contributed by atoms with Gasteiger partial charge in [-0.05, 0) is 37.6 Å². The Balaban J connectivity index is 0.00000180. The van der Waals surface area contributed by atoms with Gasteiger partial charge in [0.1, 0.15) is 0 Å². The number of thioether (sulfide) groups is 1. The fourth-order valence-corrected chi connectivity index (χ4v) is 3.49. The van der Waals surface area contributed by atoms with Gasteiger partial charge in [0.2, 0.25) is 0 Å². The van der Waals surface area contributed by atoms with Crippen LogP contribution in [0.3, 0.4) is 0 Å². The van der Waals surface area contributed by atoms with E-state index >= 15 is 0 Å². The van der Waals surface area contributed by atoms with Crippen LogP contribution in [0.25, 0.3) is 0 Å². The van der Waals surface area contributed by atoms with Gasteiger partial charge in [-0.15, -0.1) is 12.4 Å². The molecule has 1 aromatic carbocycles. The third kappa shape index (κ3) is 5.92. The van der Waals surface area contributed by atoms with Crippen LogP contribution in [0.4, 0.5) is 0 Å². The first-order chi connectivity index (χ1) is 8.75. The van der Waals surface area contributed by atoms with Crippen molar-refractivity contribution in [1.29, 1.82) is 0 Å². The summed E-state index contributed by atoms with van der Waals surface area (Å²) in [6.45, 7) is 3.11. The quantitative estimate of drug-likeness (QED) is 0.868. The lowest BCUT2D eigenvalue weighted by Gasteiger charge is -2.19. The molecule has 19 heavy (non-hydrogen) atoms. The highest BCUT2D eigenvalue weighted by molar-refractivity contribution is 7.98. The molecule has 1 heterocycles. The minimum absolute atomic E-state index is 0. The predicted molar refractivity (Wildman–Crippen MR) is 86.5 cm³/mol. The van der Waals surface area contributed by atoms with Gasteiger partial charge in [0, 0.05) is 23.1 Å². The molecule has 2 rings (SSSR count). The van der Waals surface area contributed by atoms with E-state index in [4.69, 9.17) is 11.6 Å². The number of hydrogen-bond acceptors (Lipinski definition) is 3. The number of nitrogens with zero attached hydrogens (tertiary/aromatic N) is 1. The van der Waals surface area contributed by atoms with Crippen LogP contribution in [-0.4, -0.2) is 41.5 Å². The topological polar surface area (TPSA) is 23.5 Å². The Labute approximate surface area is 130 Å². The predicted octanol–water partition coefficient (Wildman–Crippen LogP) is 3.45. The zero-order valence-electron chi connectivity index (χ0n) is 10.9. The molecular formula is C14H21Cl2NOS. The largest absolute Gasteiger partial charge is 0.391 e. The Kier molecular flexibility index (Phi) is 8.19. The summed E-state index contributed by atoms with van der Waals surface area (Å²) in [4.78, 5) is 2.35. The third-order valence-corrected chi connectivity index (χ3v) is 4.70. The summed E-state index contributed by atoms with van der Waals surface area (Å²) in [5.74, 6) is 1.65. The maximum Gasteiger partial charge on any atom is 0.0757 e. The maximum absolute atomic E-state index is 9.96. The van der Waals surface area contributed by atoms with Crippen LogP contribution in [0, 0.1) is 0 Å². The van der Waals surface area contributed by atoms with Gasteiger partial charge < -0.3 is 10.0 Å². The highest BCUT2D eigenvalue weighted by Crippen LogP contribution is 2.21. The second-order valence-corrected chi connectivity index (χ2v) is 6.21. The lowest BCUT2D eigenvalue weighted by molar-refractivity contribution is 0.144. The molecule has 1 aromatic rings. The van der Waals surface area contributed by atoms with Crippen molar-refractivity contribution in [2.75, 3.05) is 25.4 Å². The second kappa shape index (κ2) is 9.09. The van der Waals surface area contributed by atoms with Gasteiger partial charge in [0.05, 0.1) is 6.10 Å². The van der Waals surface area contributed by atoms with Crippen molar-refractivity contribution < 1.29 is 5.11 Å². The number of aliphatic hydroxyl groups excluding tert-OH is 1. The standard InChI is InChI=1S/C14H20ClNOS.ClH/c15-14-6-2-1-5-12(14)10-18-11-13(17)9-16-7-3-4-8-16;/h1-2,5-6,13,17H,3-4,7-11H2;1H. The molecule has 0 aromatic heterocycles. The van der Waals surface area contributed by atoms with Gasteiger partial charge in [0.15, 0.2) is 0 Å². The number of β-amino-alcohol motifs (C(OH)–C–C–N with tert-alkyl or cyclic N) is 1. The summed E-state index contributed by atoms with van der Waals surface area (Å²) in [5.41, 5.74) is 1.15. The van der Waals surface area contributed by atoms with Gasteiger partial charge >= 0.3 is 0 Å². The van der Waals surface area contributed by atoms with Crippen molar-refractivity contribution in [3.05, 3.63) is 34.9 Å². The Hall–Kier alpha value is 0.0700. The van der Waals surface area contributed by atoms with Crippen molar-refractivity contribution in [3.8, 4) is 0 Å². The Bertz CT molecular complexity index is 372. The molecule has 1 aliphatic rings. The molecule has 0 bridgehead atoms. The average Bonchev–Trinajstić information content (AvgIpc) is 2.84. The fraction of sp³-hybridized carbons (Fsp3) is 0.571. The minimum atomic E-state index is -0.226. The fourth-order valence-electron chi connectivity index (χ4n) is 2.24. The number of halogens is 2. The van der Waals surface area contributed by atoms with Crippen molar-refractivity contribution >= 4 is 35.8 Å². The zero-order valence-corrected chi connectivity index (χ0v) is 13.3. The number of benzene rings is 1. The highest BCUT2D eigenvalue weighted by atomic mass is 35.5. The third-order valence-electron chi connectivity index (χ3n) is 3.19. The molecule has 1 fully saturated rings. The molecule has 1 unspecified atom stereocenters. The number of likely N-dealkylation sites (tertiary alicyclic amines) is 1. The molecule has 0 spiro atoms. The summed E-state index contributed by atoms with van der Waals surface area (Å²) in [6, 6.07) is 7.90. The normalized spacial score (nSPS) is 17.2. The highest BCUT2D eigenvalue weighted by Gasteiger charge is 2.15. The van der Waals surface area contributed by atoms with Crippen LogP contribution < -0.4 is 0 Å². The average molecular weight is 322 g/mol. The van der Waals surface area contributed by atoms with E-state index in [0.717, 1.165) is 41.7 Å². The first kappa shape index (κ1) is 17.1. The number of hydrogen-bond donors (Lipinski definition) is 1. The van der Waals surface area contributed by atoms with Gasteiger partial charge in [-0.1, -0.05) is 29.8 Å². The Morgan fingerprint density at radius 1 is 1.26 bits per heavy atom. The lowest BCUT2D eigenvalue weighted by Crippen LogP contribution is -2.31. The van der Waals surface area contributed by atoms with E-state index in [9.17, 15) is 5.11 Å². The van der Waals surface area contributed by atoms with E-state index in [0.29, 0.717) is 0 Å². The van der Waals surface area contributed by atoms with Crippen molar-refractivity contribution in [3.63, 3.8) is 0 Å². The van der Waals surface area contributed by atoms with E-state index in [2.05, 4.69) is 4.90 Å². The molecule has 0 aliphatic carbocycles. The maximum atomic E-state index is 9.96. The first-order valence-corrected chi connectivity index (χ1v) is 8.00. The Morgan fingerprint density at radius 2 is 1.95 bits per heavy atom. The van der Waals surface area contributed by atoms with Crippen LogP contribution in [0.15, 0.2) is 24.3 Å². The van der Waals surface area contributed by atoms with E-state index in [1.165, 1.54) is 12.8 Å². The van der Waals surface area contributed by atoms with E-state index in [1.807, 2.05) is 24.3 Å². The Morgan fingerprint density at radius 3 is 2.63 bits per heavy atom. The van der Waals surface area contributed by atoms with Crippen LogP contribution >= 0.6 is 35.8 Å². The molecule has 2 nitrogen and oxygen atoms in total. The number of aliphatic hydroxyl groups is 1. The smallest absolute Gasteiger partial charge is 0.0757 e. The van der Waals surface area contributed by atoms with Crippen LogP contribution in [0.2, 0.25) is 5.02 Å². The van der Waals surface area contributed by atoms with Crippen molar-refractivity contribution in [2.24, 2.45) is 0 Å². The molecule has 1 saturated heterocycles. The van der Waals surface area contributed by atoms with Crippen LogP contribution in [0.1, 0.15) is 18.4 Å². The SMILES string of the molecule is Cl.OC(CSCc1ccccc1Cl)CN1CCCC1. The van der Waals surface area contributed by atoms with Gasteiger partial charge in [-0.3, -0.25) is 0 Å². The van der Waals surface area contributed by atoms with Gasteiger partial charge in [-0.2, -0.15) is 11.8 Å². The summed E-state index contributed by atoms with van der Waals surface area (Å²) < 4.78 is 0. The molecule has 5 heteroatoms. The number of rotatable bonds is 6. The van der Waals surface area contributed by atoms with Crippen LogP contribution in [0.5, 0.6) is 0 Å². The molecule has 0 saturated carbocycles. The molecule has 1 atom stereocenters. The summed E-state index contributed by atoms with van der Waals surface area (Å²) in [5, 5.41) is 10.8. The van der Waals surface area contributed by atoms with Crippen LogP contribution in [-0.2, 0) is 5.75 Å². The van der Waals surface area contributed by atoms with E-state index < -0.39 is 0 Å². The van der Waals surface area contributed by atoms with Gasteiger partial charge in [0.25, 0.3) is 0 Å². The van der Waals surface area contributed by atoms with Crippen molar-refractivity contribution in [1.82, 2.24) is 4.90 Å². The molecule has 0 radical (unpaired) electrons. The first-order valence-electron chi connectivity index (χ1n) is 6.47. The lowest BCUT2D eigenvalue weighted by atomic mass is 10.2. The summed E-state index contributed by atoms with van der Waals surface area (Å²) in [7, 11) is 0. The monoisotopic (exact) mass is 321 g/mol. The molecule has 1 aliphatic heterocycles. The molecule has 0 amide bonds. The molecule has 1 N–H and O–H groups in total. The van der Waals surface area contributed by atoms with Crippen molar-refractivity contribution in [2.45, 2.75) is 24.7 Å². The molecule has 108 valence electrons. The van der Waals surface area contributed by atoms with E-state index in [1.54, 1.807) is 11.8 Å². The second-order valence-electron chi connectivity index (χ2n) is 4.77. The summed E-state index contributed by atoms with van der Waals surface area (Å²) in [6.07, 6.45) is 2.33. The molecular weight excluding hydrogens is 301 g/mol.